The summed E-state index contributed by atoms with van der Waals surface area (Å²) in [4.78, 5) is 12.4. The molecular formula is C18H12Cl4N2O2. The lowest BCUT2D eigenvalue weighted by molar-refractivity contribution is -0.112. The molecule has 1 N–H and O–H groups in total. The average molecular weight is 430 g/mol. The van der Waals surface area contributed by atoms with E-state index in [0.29, 0.717) is 33.7 Å². The molecule has 2 aromatic rings. The van der Waals surface area contributed by atoms with Crippen molar-refractivity contribution in [2.75, 3.05) is 11.9 Å². The van der Waals surface area contributed by atoms with Gasteiger partial charge in [0.25, 0.3) is 5.91 Å². The Hall–Kier alpha value is -1.90. The molecule has 134 valence electrons. The van der Waals surface area contributed by atoms with E-state index >= 15 is 0 Å². The molecule has 0 bridgehead atoms. The molecule has 0 heterocycles. The van der Waals surface area contributed by atoms with Crippen molar-refractivity contribution in [3.05, 3.63) is 61.6 Å². The van der Waals surface area contributed by atoms with Crippen molar-refractivity contribution in [1.29, 1.82) is 5.26 Å². The van der Waals surface area contributed by atoms with Gasteiger partial charge in [-0.2, -0.15) is 5.26 Å². The van der Waals surface area contributed by atoms with Gasteiger partial charge in [-0.25, -0.2) is 0 Å². The lowest BCUT2D eigenvalue weighted by Crippen LogP contribution is -2.13. The number of nitriles is 1. The van der Waals surface area contributed by atoms with Crippen molar-refractivity contribution in [2.45, 2.75) is 6.92 Å². The third-order valence-electron chi connectivity index (χ3n) is 3.17. The molecular weight excluding hydrogens is 418 g/mol. The summed E-state index contributed by atoms with van der Waals surface area (Å²) in [5.74, 6) is -0.280. The fourth-order valence-corrected chi connectivity index (χ4v) is 2.92. The summed E-state index contributed by atoms with van der Waals surface area (Å²) in [5, 5.41) is 13.2. The van der Waals surface area contributed by atoms with Gasteiger partial charge < -0.3 is 10.1 Å². The molecule has 2 aromatic carbocycles. The van der Waals surface area contributed by atoms with Crippen molar-refractivity contribution in [3.8, 4) is 11.8 Å². The van der Waals surface area contributed by atoms with Crippen LogP contribution in [0.3, 0.4) is 0 Å². The van der Waals surface area contributed by atoms with Crippen molar-refractivity contribution < 1.29 is 9.53 Å². The number of amides is 1. The summed E-state index contributed by atoms with van der Waals surface area (Å²) in [6.45, 7) is 2.15. The number of hydrogen-bond donors (Lipinski definition) is 1. The maximum atomic E-state index is 12.4. The van der Waals surface area contributed by atoms with Crippen LogP contribution < -0.4 is 10.1 Å². The lowest BCUT2D eigenvalue weighted by Gasteiger charge is -2.11. The topological polar surface area (TPSA) is 62.1 Å². The molecule has 0 aliphatic carbocycles. The monoisotopic (exact) mass is 428 g/mol. The quantitative estimate of drug-likeness (QED) is 0.451. The Morgan fingerprint density at radius 2 is 1.88 bits per heavy atom. The van der Waals surface area contributed by atoms with Crippen LogP contribution in [0.1, 0.15) is 12.5 Å². The van der Waals surface area contributed by atoms with Gasteiger partial charge in [0.1, 0.15) is 17.4 Å². The van der Waals surface area contributed by atoms with Gasteiger partial charge >= 0.3 is 0 Å². The van der Waals surface area contributed by atoms with Gasteiger partial charge in [-0.3, -0.25) is 4.79 Å². The van der Waals surface area contributed by atoms with Gasteiger partial charge in [0, 0.05) is 16.3 Å². The minimum atomic E-state index is -0.621. The minimum absolute atomic E-state index is 0.157. The third kappa shape index (κ3) is 5.06. The molecule has 26 heavy (non-hydrogen) atoms. The second kappa shape index (κ2) is 9.16. The molecule has 0 radical (unpaired) electrons. The maximum Gasteiger partial charge on any atom is 0.266 e. The summed E-state index contributed by atoms with van der Waals surface area (Å²) in [7, 11) is 0. The van der Waals surface area contributed by atoms with E-state index in [0.717, 1.165) is 0 Å². The van der Waals surface area contributed by atoms with E-state index in [-0.39, 0.29) is 15.6 Å². The highest BCUT2D eigenvalue weighted by atomic mass is 35.5. The molecule has 2 rings (SSSR count). The van der Waals surface area contributed by atoms with E-state index in [1.807, 2.05) is 6.07 Å². The number of nitrogens with one attached hydrogen (secondary N) is 1. The number of anilines is 1. The minimum Gasteiger partial charge on any atom is -0.492 e. The van der Waals surface area contributed by atoms with Crippen LogP contribution in [0.25, 0.3) is 6.08 Å². The fraction of sp³-hybridized carbons (Fsp3) is 0.111. The smallest absolute Gasteiger partial charge is 0.266 e. The van der Waals surface area contributed by atoms with Crippen LogP contribution in [0.5, 0.6) is 5.75 Å². The van der Waals surface area contributed by atoms with E-state index in [2.05, 4.69) is 5.32 Å². The molecule has 8 heteroatoms. The van der Waals surface area contributed by atoms with Gasteiger partial charge in [0.05, 0.1) is 21.7 Å². The van der Waals surface area contributed by atoms with E-state index < -0.39 is 5.91 Å². The highest BCUT2D eigenvalue weighted by molar-refractivity contribution is 6.42. The Kier molecular flexibility index (Phi) is 7.19. The van der Waals surface area contributed by atoms with Crippen LogP contribution in [0.4, 0.5) is 5.69 Å². The summed E-state index contributed by atoms with van der Waals surface area (Å²) < 4.78 is 5.49. The Balaban J connectivity index is 2.37. The summed E-state index contributed by atoms with van der Waals surface area (Å²) in [5.41, 5.74) is 0.667. The second-order valence-electron chi connectivity index (χ2n) is 4.99. The first-order chi connectivity index (χ1) is 12.3. The van der Waals surface area contributed by atoms with Crippen LogP contribution in [-0.4, -0.2) is 12.5 Å². The number of carbonyl (C=O) groups excluding carboxylic acids is 1. The Labute approximate surface area is 170 Å². The van der Waals surface area contributed by atoms with Crippen LogP contribution in [-0.2, 0) is 4.79 Å². The van der Waals surface area contributed by atoms with Crippen LogP contribution >= 0.6 is 46.4 Å². The van der Waals surface area contributed by atoms with Gasteiger partial charge in [-0.15, -0.1) is 0 Å². The van der Waals surface area contributed by atoms with Gasteiger partial charge in [0.2, 0.25) is 0 Å². The van der Waals surface area contributed by atoms with E-state index in [4.69, 9.17) is 51.1 Å². The first-order valence-electron chi connectivity index (χ1n) is 7.35. The highest BCUT2D eigenvalue weighted by Gasteiger charge is 2.14. The van der Waals surface area contributed by atoms with Crippen molar-refractivity contribution in [2.24, 2.45) is 0 Å². The molecule has 0 unspecified atom stereocenters. The van der Waals surface area contributed by atoms with Crippen LogP contribution in [0.2, 0.25) is 20.1 Å². The number of halogens is 4. The molecule has 4 nitrogen and oxygen atoms in total. The standard InChI is InChI=1S/C18H12Cl4N2O2/c1-2-26-17-10(6-12(19)7-16(17)22)5-11(9-23)18(25)24-13-3-4-14(20)15(21)8-13/h3-8H,2H2,1H3,(H,24,25)/b11-5+. The van der Waals surface area contributed by atoms with Gasteiger partial charge in [0.15, 0.2) is 0 Å². The van der Waals surface area contributed by atoms with Crippen LogP contribution in [0.15, 0.2) is 35.9 Å². The van der Waals surface area contributed by atoms with Crippen molar-refractivity contribution in [3.63, 3.8) is 0 Å². The molecule has 0 saturated carbocycles. The molecule has 1 amide bonds. The summed E-state index contributed by atoms with van der Waals surface area (Å²) in [6.07, 6.45) is 1.36. The summed E-state index contributed by atoms with van der Waals surface area (Å²) in [6, 6.07) is 9.53. The average Bonchev–Trinajstić information content (AvgIpc) is 2.58. The van der Waals surface area contributed by atoms with E-state index in [1.54, 1.807) is 25.1 Å². The lowest BCUT2D eigenvalue weighted by atomic mass is 10.1. The first kappa shape index (κ1) is 20.4. The molecule has 0 aromatic heterocycles. The zero-order valence-electron chi connectivity index (χ0n) is 13.4. The number of nitrogens with zero attached hydrogens (tertiary/aromatic N) is 1. The van der Waals surface area contributed by atoms with Gasteiger partial charge in [-0.05, 0) is 43.3 Å². The number of rotatable bonds is 5. The second-order valence-corrected chi connectivity index (χ2v) is 6.65. The highest BCUT2D eigenvalue weighted by Crippen LogP contribution is 2.34. The Bertz CT molecular complexity index is 920. The van der Waals surface area contributed by atoms with E-state index in [1.165, 1.54) is 18.2 Å². The number of hydrogen-bond acceptors (Lipinski definition) is 3. The zero-order chi connectivity index (χ0) is 19.3. The normalized spacial score (nSPS) is 11.0. The molecule has 0 atom stereocenters. The Morgan fingerprint density at radius 1 is 1.15 bits per heavy atom. The van der Waals surface area contributed by atoms with Gasteiger partial charge in [-0.1, -0.05) is 46.4 Å². The molecule has 0 aliphatic rings. The molecule has 0 aliphatic heterocycles. The van der Waals surface area contributed by atoms with Crippen molar-refractivity contribution in [1.82, 2.24) is 0 Å². The first-order valence-corrected chi connectivity index (χ1v) is 8.87. The maximum absolute atomic E-state index is 12.4. The number of ether oxygens (including phenoxy) is 1. The predicted molar refractivity (Wildman–Crippen MR) is 106 cm³/mol. The fourth-order valence-electron chi connectivity index (χ4n) is 2.06. The predicted octanol–water partition coefficient (Wildman–Crippen LogP) is 6.24. The Morgan fingerprint density at radius 3 is 2.50 bits per heavy atom. The number of carbonyl (C=O) groups is 1. The SMILES string of the molecule is CCOc1c(Cl)cc(Cl)cc1/C=C(\C#N)C(=O)Nc1ccc(Cl)c(Cl)c1. The van der Waals surface area contributed by atoms with E-state index in [9.17, 15) is 10.1 Å². The largest absolute Gasteiger partial charge is 0.492 e. The summed E-state index contributed by atoms with van der Waals surface area (Å²) >= 11 is 23.9. The zero-order valence-corrected chi connectivity index (χ0v) is 16.5. The molecule has 0 fully saturated rings. The molecule has 0 spiro atoms. The number of benzene rings is 2. The molecule has 0 saturated heterocycles. The van der Waals surface area contributed by atoms with Crippen molar-refractivity contribution >= 4 is 64.1 Å². The third-order valence-corrected chi connectivity index (χ3v) is 4.41. The van der Waals surface area contributed by atoms with Crippen LogP contribution in [0, 0.1) is 11.3 Å².